The molecule has 144 valence electrons. The fraction of sp³-hybridized carbons (Fsp3) is 0.238. The predicted molar refractivity (Wildman–Crippen MR) is 107 cm³/mol. The number of carbonyl (C=O) groups excluding carboxylic acids is 1. The number of nitro groups is 1. The highest BCUT2D eigenvalue weighted by Crippen LogP contribution is 2.24. The number of aromatic amines is 1. The summed E-state index contributed by atoms with van der Waals surface area (Å²) in [5.41, 5.74) is 3.40. The molecule has 7 nitrogen and oxygen atoms in total. The van der Waals surface area contributed by atoms with Gasteiger partial charge in [-0.1, -0.05) is 42.5 Å². The smallest absolute Gasteiger partial charge is 0.285 e. The van der Waals surface area contributed by atoms with Gasteiger partial charge in [-0.15, -0.1) is 0 Å². The zero-order valence-corrected chi connectivity index (χ0v) is 15.9. The molecule has 3 rings (SSSR count). The number of nitro benzene ring substituents is 1. The molecule has 0 spiro atoms. The fourth-order valence-corrected chi connectivity index (χ4v) is 3.13. The number of aryl methyl sites for hydroxylation is 2. The number of benzene rings is 2. The Kier molecular flexibility index (Phi) is 5.84. The highest BCUT2D eigenvalue weighted by atomic mass is 16.6. The Bertz CT molecular complexity index is 982. The van der Waals surface area contributed by atoms with Crippen LogP contribution in [0.1, 0.15) is 28.0 Å². The van der Waals surface area contributed by atoms with E-state index in [4.69, 9.17) is 0 Å². The quantitative estimate of drug-likeness (QED) is 0.497. The molecule has 0 bridgehead atoms. The van der Waals surface area contributed by atoms with Gasteiger partial charge in [0, 0.05) is 30.4 Å². The summed E-state index contributed by atoms with van der Waals surface area (Å²) in [6, 6.07) is 16.7. The van der Waals surface area contributed by atoms with Crippen molar-refractivity contribution in [2.45, 2.75) is 19.8 Å². The van der Waals surface area contributed by atoms with Crippen molar-refractivity contribution in [2.24, 2.45) is 0 Å². The summed E-state index contributed by atoms with van der Waals surface area (Å²) < 4.78 is 0. The van der Waals surface area contributed by atoms with Crippen LogP contribution >= 0.6 is 0 Å². The maximum absolute atomic E-state index is 12.7. The van der Waals surface area contributed by atoms with Gasteiger partial charge in [0.1, 0.15) is 5.56 Å². The van der Waals surface area contributed by atoms with Crippen molar-refractivity contribution < 1.29 is 9.72 Å². The molecule has 0 aliphatic heterocycles. The summed E-state index contributed by atoms with van der Waals surface area (Å²) in [5, 5.41) is 18.7. The average Bonchev–Trinajstić information content (AvgIpc) is 3.16. The summed E-state index contributed by atoms with van der Waals surface area (Å²) in [6.45, 7) is 2.13. The van der Waals surface area contributed by atoms with Crippen molar-refractivity contribution in [3.8, 4) is 11.3 Å². The van der Waals surface area contributed by atoms with Crippen LogP contribution in [0.25, 0.3) is 11.3 Å². The second-order valence-electron chi connectivity index (χ2n) is 6.70. The van der Waals surface area contributed by atoms with Crippen LogP contribution < -0.4 is 0 Å². The Labute approximate surface area is 163 Å². The lowest BCUT2D eigenvalue weighted by atomic mass is 10.1. The van der Waals surface area contributed by atoms with Crippen LogP contribution in [0.4, 0.5) is 5.69 Å². The normalized spacial score (nSPS) is 10.6. The van der Waals surface area contributed by atoms with Crippen LogP contribution in [-0.2, 0) is 6.42 Å². The molecule has 0 fully saturated rings. The molecule has 0 aliphatic rings. The highest BCUT2D eigenvalue weighted by molar-refractivity contribution is 5.98. The summed E-state index contributed by atoms with van der Waals surface area (Å²) in [4.78, 5) is 25.0. The number of para-hydroxylation sites is 1. The zero-order valence-electron chi connectivity index (χ0n) is 15.9. The molecule has 2 aromatic carbocycles. The van der Waals surface area contributed by atoms with E-state index in [1.54, 1.807) is 26.1 Å². The first kappa shape index (κ1) is 19.3. The van der Waals surface area contributed by atoms with Gasteiger partial charge in [0.25, 0.3) is 11.6 Å². The number of amides is 1. The summed E-state index contributed by atoms with van der Waals surface area (Å²) in [7, 11) is 1.66. The summed E-state index contributed by atoms with van der Waals surface area (Å²) in [5.74, 6) is -0.343. The Hall–Kier alpha value is -3.48. The van der Waals surface area contributed by atoms with Crippen LogP contribution in [0.15, 0.2) is 54.6 Å². The number of aromatic nitrogens is 2. The van der Waals surface area contributed by atoms with Crippen molar-refractivity contribution in [3.05, 3.63) is 81.5 Å². The van der Waals surface area contributed by atoms with Gasteiger partial charge in [0.15, 0.2) is 0 Å². The van der Waals surface area contributed by atoms with E-state index in [0.29, 0.717) is 12.1 Å². The molecule has 1 amide bonds. The largest absolute Gasteiger partial charge is 0.341 e. The Morgan fingerprint density at radius 2 is 1.93 bits per heavy atom. The van der Waals surface area contributed by atoms with E-state index in [0.717, 1.165) is 29.8 Å². The molecule has 0 saturated heterocycles. The summed E-state index contributed by atoms with van der Waals surface area (Å²) >= 11 is 0. The van der Waals surface area contributed by atoms with E-state index in [9.17, 15) is 14.9 Å². The topological polar surface area (TPSA) is 92.1 Å². The SMILES string of the molecule is Cc1cccc(C(=O)N(C)CCCc2cc(-c3ccccc3)n[nH]2)c1[N+](=O)[O-]. The third-order valence-corrected chi connectivity index (χ3v) is 4.64. The van der Waals surface area contributed by atoms with Gasteiger partial charge in [-0.05, 0) is 31.9 Å². The van der Waals surface area contributed by atoms with E-state index in [-0.39, 0.29) is 17.2 Å². The minimum absolute atomic E-state index is 0.125. The molecule has 28 heavy (non-hydrogen) atoms. The second-order valence-corrected chi connectivity index (χ2v) is 6.70. The van der Waals surface area contributed by atoms with Gasteiger partial charge in [-0.3, -0.25) is 20.0 Å². The van der Waals surface area contributed by atoms with Crippen molar-refractivity contribution in [3.63, 3.8) is 0 Å². The minimum atomic E-state index is -0.494. The Morgan fingerprint density at radius 1 is 1.18 bits per heavy atom. The van der Waals surface area contributed by atoms with E-state index in [1.807, 2.05) is 36.4 Å². The predicted octanol–water partition coefficient (Wildman–Crippen LogP) is 4.00. The van der Waals surface area contributed by atoms with Crippen LogP contribution in [-0.4, -0.2) is 39.5 Å². The number of hydrogen-bond donors (Lipinski definition) is 1. The van der Waals surface area contributed by atoms with Gasteiger partial charge in [0.2, 0.25) is 0 Å². The molecular weight excluding hydrogens is 356 g/mol. The molecule has 0 radical (unpaired) electrons. The number of H-pyrrole nitrogens is 1. The third-order valence-electron chi connectivity index (χ3n) is 4.64. The average molecular weight is 378 g/mol. The van der Waals surface area contributed by atoms with Crippen LogP contribution in [0.2, 0.25) is 0 Å². The molecule has 1 aromatic heterocycles. The van der Waals surface area contributed by atoms with E-state index in [2.05, 4.69) is 10.2 Å². The number of nitrogens with zero attached hydrogens (tertiary/aromatic N) is 3. The lowest BCUT2D eigenvalue weighted by Gasteiger charge is -2.17. The Morgan fingerprint density at radius 3 is 2.64 bits per heavy atom. The maximum Gasteiger partial charge on any atom is 0.285 e. The van der Waals surface area contributed by atoms with Gasteiger partial charge in [-0.2, -0.15) is 5.10 Å². The molecule has 1 heterocycles. The lowest BCUT2D eigenvalue weighted by molar-refractivity contribution is -0.385. The van der Waals surface area contributed by atoms with Crippen molar-refractivity contribution in [1.29, 1.82) is 0 Å². The van der Waals surface area contributed by atoms with E-state index in [1.165, 1.54) is 11.0 Å². The molecule has 0 atom stereocenters. The first-order valence-corrected chi connectivity index (χ1v) is 9.06. The Balaban J connectivity index is 1.60. The first-order chi connectivity index (χ1) is 13.5. The standard InChI is InChI=1S/C21H22N4O3/c1-15-8-6-12-18(20(15)25(27)28)21(26)24(2)13-7-11-17-14-19(23-22-17)16-9-4-3-5-10-16/h3-6,8-10,12,14H,7,11,13H2,1-2H3,(H,22,23). The van der Waals surface area contributed by atoms with Crippen LogP contribution in [0, 0.1) is 17.0 Å². The van der Waals surface area contributed by atoms with Crippen molar-refractivity contribution in [1.82, 2.24) is 15.1 Å². The van der Waals surface area contributed by atoms with E-state index < -0.39 is 4.92 Å². The number of hydrogen-bond acceptors (Lipinski definition) is 4. The molecule has 0 unspecified atom stereocenters. The van der Waals surface area contributed by atoms with Gasteiger partial charge in [0.05, 0.1) is 10.6 Å². The molecular formula is C21H22N4O3. The van der Waals surface area contributed by atoms with E-state index >= 15 is 0 Å². The van der Waals surface area contributed by atoms with Gasteiger partial charge < -0.3 is 4.90 Å². The lowest BCUT2D eigenvalue weighted by Crippen LogP contribution is -2.28. The molecule has 3 aromatic rings. The summed E-state index contributed by atoms with van der Waals surface area (Å²) in [6.07, 6.45) is 1.45. The van der Waals surface area contributed by atoms with Crippen LogP contribution in [0.3, 0.4) is 0 Å². The van der Waals surface area contributed by atoms with Crippen LogP contribution in [0.5, 0.6) is 0 Å². The molecule has 1 N–H and O–H groups in total. The van der Waals surface area contributed by atoms with Gasteiger partial charge >= 0.3 is 0 Å². The number of carbonyl (C=O) groups is 1. The highest BCUT2D eigenvalue weighted by Gasteiger charge is 2.24. The number of rotatable bonds is 7. The minimum Gasteiger partial charge on any atom is -0.341 e. The second kappa shape index (κ2) is 8.47. The van der Waals surface area contributed by atoms with Gasteiger partial charge in [-0.25, -0.2) is 0 Å². The number of nitrogens with one attached hydrogen (secondary N) is 1. The van der Waals surface area contributed by atoms with Crippen molar-refractivity contribution in [2.75, 3.05) is 13.6 Å². The fourth-order valence-electron chi connectivity index (χ4n) is 3.13. The molecule has 7 heteroatoms. The first-order valence-electron chi connectivity index (χ1n) is 9.06. The van der Waals surface area contributed by atoms with Crippen molar-refractivity contribution >= 4 is 11.6 Å². The molecule has 0 saturated carbocycles. The zero-order chi connectivity index (χ0) is 20.1. The third kappa shape index (κ3) is 4.25. The maximum atomic E-state index is 12.7. The monoisotopic (exact) mass is 378 g/mol. The molecule has 0 aliphatic carbocycles.